The second-order valence-electron chi connectivity index (χ2n) is 6.05. The number of ether oxygens (including phenoxy) is 3. The van der Waals surface area contributed by atoms with Gasteiger partial charge in [0.05, 0.1) is 20.3 Å². The van der Waals surface area contributed by atoms with Crippen molar-refractivity contribution in [2.75, 3.05) is 34.0 Å². The Labute approximate surface area is 144 Å². The SMILES string of the molecule is COc1ccc(OC)c(C(C)NC(=O)NCCCOCC(C)C)c1. The molecule has 1 aromatic carbocycles. The first-order valence-corrected chi connectivity index (χ1v) is 8.32. The fourth-order valence-electron chi connectivity index (χ4n) is 2.20. The molecule has 0 saturated heterocycles. The van der Waals surface area contributed by atoms with Gasteiger partial charge in [-0.2, -0.15) is 0 Å². The van der Waals surface area contributed by atoms with Crippen LogP contribution < -0.4 is 20.1 Å². The van der Waals surface area contributed by atoms with E-state index in [1.165, 1.54) is 0 Å². The molecule has 136 valence electrons. The van der Waals surface area contributed by atoms with Gasteiger partial charge in [0.2, 0.25) is 0 Å². The van der Waals surface area contributed by atoms with Gasteiger partial charge >= 0.3 is 6.03 Å². The van der Waals surface area contributed by atoms with Crippen LogP contribution in [0.2, 0.25) is 0 Å². The number of benzene rings is 1. The van der Waals surface area contributed by atoms with Crippen molar-refractivity contribution >= 4 is 6.03 Å². The van der Waals surface area contributed by atoms with Crippen LogP contribution in [0.15, 0.2) is 18.2 Å². The molecule has 24 heavy (non-hydrogen) atoms. The molecule has 1 aromatic rings. The van der Waals surface area contributed by atoms with Crippen LogP contribution >= 0.6 is 0 Å². The Bertz CT molecular complexity index is 506. The van der Waals surface area contributed by atoms with Crippen molar-refractivity contribution in [3.8, 4) is 11.5 Å². The smallest absolute Gasteiger partial charge is 0.315 e. The van der Waals surface area contributed by atoms with Gasteiger partial charge in [-0.3, -0.25) is 0 Å². The van der Waals surface area contributed by atoms with Crippen molar-refractivity contribution in [3.05, 3.63) is 23.8 Å². The lowest BCUT2D eigenvalue weighted by atomic mass is 10.1. The van der Waals surface area contributed by atoms with E-state index in [1.807, 2.05) is 25.1 Å². The fraction of sp³-hybridized carbons (Fsp3) is 0.611. The van der Waals surface area contributed by atoms with Crippen LogP contribution in [0.3, 0.4) is 0 Å². The normalized spacial score (nSPS) is 11.9. The third-order valence-electron chi connectivity index (χ3n) is 3.45. The summed E-state index contributed by atoms with van der Waals surface area (Å²) in [5.74, 6) is 1.97. The van der Waals surface area contributed by atoms with Crippen LogP contribution in [-0.2, 0) is 4.74 Å². The third-order valence-corrected chi connectivity index (χ3v) is 3.45. The quantitative estimate of drug-likeness (QED) is 0.643. The largest absolute Gasteiger partial charge is 0.497 e. The van der Waals surface area contributed by atoms with Crippen molar-refractivity contribution in [3.63, 3.8) is 0 Å². The number of hydrogen-bond acceptors (Lipinski definition) is 4. The zero-order valence-corrected chi connectivity index (χ0v) is 15.3. The number of urea groups is 1. The Balaban J connectivity index is 2.41. The lowest BCUT2D eigenvalue weighted by Crippen LogP contribution is -2.37. The summed E-state index contributed by atoms with van der Waals surface area (Å²) in [5.41, 5.74) is 0.868. The van der Waals surface area contributed by atoms with Crippen molar-refractivity contribution in [2.24, 2.45) is 5.92 Å². The van der Waals surface area contributed by atoms with Gasteiger partial charge in [0.25, 0.3) is 0 Å². The summed E-state index contributed by atoms with van der Waals surface area (Å²) in [5, 5.41) is 5.74. The Morgan fingerprint density at radius 2 is 1.92 bits per heavy atom. The zero-order chi connectivity index (χ0) is 17.9. The van der Waals surface area contributed by atoms with Crippen molar-refractivity contribution in [1.29, 1.82) is 0 Å². The molecular weight excluding hydrogens is 308 g/mol. The average molecular weight is 338 g/mol. The number of methoxy groups -OCH3 is 2. The standard InChI is InChI=1S/C18H30N2O4/c1-13(2)12-24-10-6-9-19-18(21)20-14(3)16-11-15(22-4)7-8-17(16)23-5/h7-8,11,13-14H,6,9-10,12H2,1-5H3,(H2,19,20,21). The monoisotopic (exact) mass is 338 g/mol. The third kappa shape index (κ3) is 7.08. The summed E-state index contributed by atoms with van der Waals surface area (Å²) in [4.78, 5) is 12.0. The van der Waals surface area contributed by atoms with E-state index < -0.39 is 0 Å². The summed E-state index contributed by atoms with van der Waals surface area (Å²) >= 11 is 0. The van der Waals surface area contributed by atoms with Crippen LogP contribution in [0.1, 0.15) is 38.8 Å². The Morgan fingerprint density at radius 1 is 1.17 bits per heavy atom. The second-order valence-corrected chi connectivity index (χ2v) is 6.05. The number of nitrogens with one attached hydrogen (secondary N) is 2. The molecule has 6 heteroatoms. The zero-order valence-electron chi connectivity index (χ0n) is 15.3. The summed E-state index contributed by atoms with van der Waals surface area (Å²) in [6.07, 6.45) is 0.789. The van der Waals surface area contributed by atoms with Gasteiger partial charge in [0.15, 0.2) is 0 Å². The van der Waals surface area contributed by atoms with Crippen LogP contribution in [0.25, 0.3) is 0 Å². The highest BCUT2D eigenvalue weighted by Gasteiger charge is 2.15. The maximum Gasteiger partial charge on any atom is 0.315 e. The topological polar surface area (TPSA) is 68.8 Å². The minimum atomic E-state index is -0.212. The molecule has 0 fully saturated rings. The fourth-order valence-corrected chi connectivity index (χ4v) is 2.20. The number of carbonyl (C=O) groups excluding carboxylic acids is 1. The molecule has 0 radical (unpaired) electrons. The van der Waals surface area contributed by atoms with E-state index in [2.05, 4.69) is 24.5 Å². The molecule has 0 saturated carbocycles. The molecule has 0 aromatic heterocycles. The van der Waals surface area contributed by atoms with Gasteiger partial charge < -0.3 is 24.8 Å². The van der Waals surface area contributed by atoms with Gasteiger partial charge in [-0.25, -0.2) is 4.79 Å². The van der Waals surface area contributed by atoms with Gasteiger partial charge in [-0.15, -0.1) is 0 Å². The molecule has 2 amide bonds. The molecule has 1 unspecified atom stereocenters. The predicted molar refractivity (Wildman–Crippen MR) is 94.8 cm³/mol. The second kappa shape index (κ2) is 10.8. The van der Waals surface area contributed by atoms with E-state index in [9.17, 15) is 4.79 Å². The van der Waals surface area contributed by atoms with Crippen LogP contribution in [0, 0.1) is 5.92 Å². The maximum absolute atomic E-state index is 12.0. The van der Waals surface area contributed by atoms with E-state index >= 15 is 0 Å². The number of amides is 2. The highest BCUT2D eigenvalue weighted by atomic mass is 16.5. The van der Waals surface area contributed by atoms with E-state index in [0.717, 1.165) is 24.3 Å². The maximum atomic E-state index is 12.0. The first kappa shape index (κ1) is 20.1. The molecule has 0 aliphatic carbocycles. The molecule has 0 heterocycles. The molecular formula is C18H30N2O4. The minimum Gasteiger partial charge on any atom is -0.497 e. The van der Waals surface area contributed by atoms with E-state index in [-0.39, 0.29) is 12.1 Å². The predicted octanol–water partition coefficient (Wildman–Crippen LogP) is 3.13. The summed E-state index contributed by atoms with van der Waals surface area (Å²) in [6, 6.07) is 5.11. The molecule has 0 bridgehead atoms. The lowest BCUT2D eigenvalue weighted by molar-refractivity contribution is 0.108. The van der Waals surface area contributed by atoms with Crippen molar-refractivity contribution in [2.45, 2.75) is 33.2 Å². The first-order chi connectivity index (χ1) is 11.5. The van der Waals surface area contributed by atoms with Crippen LogP contribution in [0.5, 0.6) is 11.5 Å². The number of hydrogen-bond donors (Lipinski definition) is 2. The van der Waals surface area contributed by atoms with E-state index in [1.54, 1.807) is 14.2 Å². The molecule has 0 aliphatic heterocycles. The Morgan fingerprint density at radius 3 is 2.54 bits per heavy atom. The molecule has 0 spiro atoms. The van der Waals surface area contributed by atoms with Gasteiger partial charge in [0.1, 0.15) is 11.5 Å². The molecule has 0 aliphatic rings. The first-order valence-electron chi connectivity index (χ1n) is 8.32. The molecule has 6 nitrogen and oxygen atoms in total. The van der Waals surface area contributed by atoms with Crippen molar-refractivity contribution in [1.82, 2.24) is 10.6 Å². The highest BCUT2D eigenvalue weighted by Crippen LogP contribution is 2.29. The number of rotatable bonds is 10. The minimum absolute atomic E-state index is 0.202. The number of carbonyl (C=O) groups is 1. The van der Waals surface area contributed by atoms with Gasteiger partial charge in [0, 0.05) is 25.3 Å². The van der Waals surface area contributed by atoms with Crippen molar-refractivity contribution < 1.29 is 19.0 Å². The van der Waals surface area contributed by atoms with Crippen LogP contribution in [-0.4, -0.2) is 40.0 Å². The van der Waals surface area contributed by atoms with E-state index in [4.69, 9.17) is 14.2 Å². The summed E-state index contributed by atoms with van der Waals surface area (Å²) in [6.45, 7) is 8.10. The Kier molecular flexibility index (Phi) is 9.01. The highest BCUT2D eigenvalue weighted by molar-refractivity contribution is 5.74. The summed E-state index contributed by atoms with van der Waals surface area (Å²) in [7, 11) is 3.22. The van der Waals surface area contributed by atoms with Gasteiger partial charge in [-0.1, -0.05) is 13.8 Å². The summed E-state index contributed by atoms with van der Waals surface area (Å²) < 4.78 is 16.1. The Hall–Kier alpha value is -1.95. The molecule has 2 N–H and O–H groups in total. The molecule has 1 rings (SSSR count). The lowest BCUT2D eigenvalue weighted by Gasteiger charge is -2.18. The molecule has 1 atom stereocenters. The van der Waals surface area contributed by atoms with E-state index in [0.29, 0.717) is 24.8 Å². The average Bonchev–Trinajstić information content (AvgIpc) is 2.56. The van der Waals surface area contributed by atoms with Gasteiger partial charge in [-0.05, 0) is 37.5 Å². The van der Waals surface area contributed by atoms with Crippen LogP contribution in [0.4, 0.5) is 4.79 Å².